The van der Waals surface area contributed by atoms with Crippen LogP contribution in [0.5, 0.6) is 17.2 Å². The van der Waals surface area contributed by atoms with Gasteiger partial charge in [0.05, 0.1) is 27.8 Å². The topological polar surface area (TPSA) is 54.0 Å². The number of methoxy groups -OCH3 is 3. The molecule has 0 atom stereocenters. The molecule has 0 spiro atoms. The molecule has 0 amide bonds. The lowest BCUT2D eigenvalue weighted by Crippen LogP contribution is -2.09. The molecule has 0 heterocycles. The first-order chi connectivity index (χ1) is 12.0. The normalized spacial score (nSPS) is 10.3. The Kier molecular flexibility index (Phi) is 6.70. The van der Waals surface area contributed by atoms with Crippen LogP contribution < -0.4 is 14.2 Å². The molecule has 6 heteroatoms. The molecule has 0 aliphatic carbocycles. The minimum Gasteiger partial charge on any atom is -0.496 e. The average molecular weight is 409 g/mol. The van der Waals surface area contributed by atoms with Crippen LogP contribution in [0.1, 0.15) is 16.7 Å². The third-order valence-electron chi connectivity index (χ3n) is 3.71. The number of benzene rings is 2. The first-order valence-corrected chi connectivity index (χ1v) is 8.47. The molecule has 5 nitrogen and oxygen atoms in total. The predicted molar refractivity (Wildman–Crippen MR) is 98.5 cm³/mol. The highest BCUT2D eigenvalue weighted by atomic mass is 79.9. The third-order valence-corrected chi connectivity index (χ3v) is 4.45. The lowest BCUT2D eigenvalue weighted by Gasteiger charge is -2.13. The van der Waals surface area contributed by atoms with E-state index < -0.39 is 0 Å². The number of aryl methyl sites for hydroxylation is 1. The standard InChI is InChI=1S/C19H21BrO5/c1-12-5-6-16(22-2)14(7-12)11-25-19(21)9-13-8-17(23-3)18(24-4)10-15(13)20/h5-8,10H,9,11H2,1-4H3. The van der Waals surface area contributed by atoms with Crippen LogP contribution >= 0.6 is 15.9 Å². The number of carbonyl (C=O) groups excluding carboxylic acids is 1. The minimum absolute atomic E-state index is 0.120. The Morgan fingerprint density at radius 1 is 0.920 bits per heavy atom. The van der Waals surface area contributed by atoms with Gasteiger partial charge in [0.15, 0.2) is 11.5 Å². The number of carbonyl (C=O) groups is 1. The van der Waals surface area contributed by atoms with Crippen LogP contribution in [0.2, 0.25) is 0 Å². The summed E-state index contributed by atoms with van der Waals surface area (Å²) in [6.07, 6.45) is 0.120. The van der Waals surface area contributed by atoms with E-state index in [0.29, 0.717) is 17.2 Å². The van der Waals surface area contributed by atoms with E-state index in [1.54, 1.807) is 33.5 Å². The van der Waals surface area contributed by atoms with Gasteiger partial charge in [0.1, 0.15) is 12.4 Å². The van der Waals surface area contributed by atoms with Crippen molar-refractivity contribution in [2.45, 2.75) is 20.0 Å². The lowest BCUT2D eigenvalue weighted by molar-refractivity contribution is -0.144. The van der Waals surface area contributed by atoms with Crippen molar-refractivity contribution >= 4 is 21.9 Å². The molecule has 0 aliphatic heterocycles. The second-order valence-electron chi connectivity index (χ2n) is 5.45. The van der Waals surface area contributed by atoms with Gasteiger partial charge in [-0.1, -0.05) is 27.6 Å². The largest absolute Gasteiger partial charge is 0.496 e. The van der Waals surface area contributed by atoms with Crippen LogP contribution in [0.3, 0.4) is 0 Å². The van der Waals surface area contributed by atoms with Gasteiger partial charge in [-0.3, -0.25) is 4.79 Å². The van der Waals surface area contributed by atoms with Gasteiger partial charge in [0.2, 0.25) is 0 Å². The zero-order chi connectivity index (χ0) is 18.4. The van der Waals surface area contributed by atoms with Crippen molar-refractivity contribution in [3.63, 3.8) is 0 Å². The van der Waals surface area contributed by atoms with E-state index in [9.17, 15) is 4.79 Å². The molecule has 2 rings (SSSR count). The highest BCUT2D eigenvalue weighted by molar-refractivity contribution is 9.10. The second-order valence-corrected chi connectivity index (χ2v) is 6.31. The van der Waals surface area contributed by atoms with Gasteiger partial charge in [-0.2, -0.15) is 0 Å². The molecule has 134 valence electrons. The molecule has 0 fully saturated rings. The van der Waals surface area contributed by atoms with Gasteiger partial charge >= 0.3 is 5.97 Å². The van der Waals surface area contributed by atoms with E-state index in [2.05, 4.69) is 15.9 Å². The Labute approximate surface area is 156 Å². The maximum Gasteiger partial charge on any atom is 0.310 e. The number of hydrogen-bond acceptors (Lipinski definition) is 5. The second kappa shape index (κ2) is 8.76. The number of esters is 1. The maximum atomic E-state index is 12.2. The minimum atomic E-state index is -0.337. The average Bonchev–Trinajstić information content (AvgIpc) is 2.61. The molecule has 0 aliphatic rings. The summed E-state index contributed by atoms with van der Waals surface area (Å²) in [5.74, 6) is 1.52. The molecule has 0 N–H and O–H groups in total. The molecular formula is C19H21BrO5. The molecule has 0 unspecified atom stereocenters. The summed E-state index contributed by atoms with van der Waals surface area (Å²) in [5, 5.41) is 0. The fourth-order valence-corrected chi connectivity index (χ4v) is 2.88. The fourth-order valence-electron chi connectivity index (χ4n) is 2.42. The smallest absolute Gasteiger partial charge is 0.310 e. The maximum absolute atomic E-state index is 12.2. The van der Waals surface area contributed by atoms with Gasteiger partial charge < -0.3 is 18.9 Å². The van der Waals surface area contributed by atoms with Crippen LogP contribution in [0.25, 0.3) is 0 Å². The van der Waals surface area contributed by atoms with Gasteiger partial charge in [-0.05, 0) is 36.8 Å². The molecular weight excluding hydrogens is 388 g/mol. The molecule has 0 radical (unpaired) electrons. The molecule has 0 saturated carbocycles. The number of hydrogen-bond donors (Lipinski definition) is 0. The quantitative estimate of drug-likeness (QED) is 0.646. The van der Waals surface area contributed by atoms with Crippen molar-refractivity contribution in [2.75, 3.05) is 21.3 Å². The highest BCUT2D eigenvalue weighted by Crippen LogP contribution is 2.33. The van der Waals surface area contributed by atoms with Crippen molar-refractivity contribution in [2.24, 2.45) is 0 Å². The molecule has 2 aromatic rings. The predicted octanol–water partition coefficient (Wildman–Crippen LogP) is 4.07. The first-order valence-electron chi connectivity index (χ1n) is 7.68. The van der Waals surface area contributed by atoms with Crippen molar-refractivity contribution in [1.29, 1.82) is 0 Å². The van der Waals surface area contributed by atoms with Gasteiger partial charge in [-0.25, -0.2) is 0 Å². The molecule has 0 bridgehead atoms. The zero-order valence-corrected chi connectivity index (χ0v) is 16.3. The number of halogens is 1. The van der Waals surface area contributed by atoms with Gasteiger partial charge in [0, 0.05) is 10.0 Å². The molecule has 2 aromatic carbocycles. The van der Waals surface area contributed by atoms with Crippen molar-refractivity contribution in [1.82, 2.24) is 0 Å². The van der Waals surface area contributed by atoms with Crippen LogP contribution in [0.4, 0.5) is 0 Å². The summed E-state index contributed by atoms with van der Waals surface area (Å²) >= 11 is 3.44. The first kappa shape index (κ1) is 19.1. The van der Waals surface area contributed by atoms with Crippen LogP contribution in [0.15, 0.2) is 34.8 Å². The summed E-state index contributed by atoms with van der Waals surface area (Å²) in [6.45, 7) is 2.14. The molecule has 0 saturated heterocycles. The third kappa shape index (κ3) is 4.89. The van der Waals surface area contributed by atoms with E-state index in [1.807, 2.05) is 25.1 Å². The van der Waals surface area contributed by atoms with Gasteiger partial charge in [0.25, 0.3) is 0 Å². The monoisotopic (exact) mass is 408 g/mol. The van der Waals surface area contributed by atoms with Crippen molar-refractivity contribution in [3.05, 3.63) is 51.5 Å². The molecule has 0 aromatic heterocycles. The van der Waals surface area contributed by atoms with Gasteiger partial charge in [-0.15, -0.1) is 0 Å². The Morgan fingerprint density at radius 3 is 2.20 bits per heavy atom. The Morgan fingerprint density at radius 2 is 1.56 bits per heavy atom. The van der Waals surface area contributed by atoms with Crippen LogP contribution in [0, 0.1) is 6.92 Å². The summed E-state index contributed by atoms with van der Waals surface area (Å²) in [5.41, 5.74) is 2.68. The Bertz CT molecular complexity index is 758. The number of ether oxygens (including phenoxy) is 4. The molecule has 25 heavy (non-hydrogen) atoms. The fraction of sp³-hybridized carbons (Fsp3) is 0.316. The van der Waals surface area contributed by atoms with Crippen molar-refractivity contribution < 1.29 is 23.7 Å². The summed E-state index contributed by atoms with van der Waals surface area (Å²) < 4.78 is 22.0. The zero-order valence-electron chi connectivity index (χ0n) is 14.7. The Balaban J connectivity index is 2.07. The van der Waals surface area contributed by atoms with E-state index in [-0.39, 0.29) is 19.0 Å². The van der Waals surface area contributed by atoms with E-state index >= 15 is 0 Å². The van der Waals surface area contributed by atoms with E-state index in [1.165, 1.54) is 0 Å². The Hall–Kier alpha value is -2.21. The SMILES string of the molecule is COc1ccc(C)cc1COC(=O)Cc1cc(OC)c(OC)cc1Br. The van der Waals surface area contributed by atoms with Crippen molar-refractivity contribution in [3.8, 4) is 17.2 Å². The summed E-state index contributed by atoms with van der Waals surface area (Å²) in [6, 6.07) is 9.29. The highest BCUT2D eigenvalue weighted by Gasteiger charge is 2.14. The summed E-state index contributed by atoms with van der Waals surface area (Å²) in [4.78, 5) is 12.2. The lowest BCUT2D eigenvalue weighted by atomic mass is 10.1. The number of rotatable bonds is 7. The van der Waals surface area contributed by atoms with Crippen LogP contribution in [-0.2, 0) is 22.6 Å². The van der Waals surface area contributed by atoms with Crippen LogP contribution in [-0.4, -0.2) is 27.3 Å². The van der Waals surface area contributed by atoms with E-state index in [0.717, 1.165) is 21.2 Å². The van der Waals surface area contributed by atoms with E-state index in [4.69, 9.17) is 18.9 Å². The summed E-state index contributed by atoms with van der Waals surface area (Å²) in [7, 11) is 4.71.